The van der Waals surface area contributed by atoms with Crippen LogP contribution < -0.4 is 11.1 Å². The van der Waals surface area contributed by atoms with Crippen LogP contribution in [-0.4, -0.2) is 83.9 Å². The van der Waals surface area contributed by atoms with Gasteiger partial charge in [0.1, 0.15) is 43.0 Å². The van der Waals surface area contributed by atoms with Crippen LogP contribution in [0.5, 0.6) is 0 Å². The Kier molecular flexibility index (Phi) is 15.1. The molecule has 2 saturated carbocycles. The van der Waals surface area contributed by atoms with Crippen molar-refractivity contribution in [2.45, 2.75) is 136 Å². The minimum atomic E-state index is -0.546. The van der Waals surface area contributed by atoms with Crippen molar-refractivity contribution in [2.75, 3.05) is 18.4 Å². The molecule has 6 aromatic heterocycles. The number of ether oxygens (including phenoxy) is 2. The molecule has 0 unspecified atom stereocenters. The Morgan fingerprint density at radius 2 is 1.29 bits per heavy atom. The molecular weight excluding hydrogens is 937 g/mol. The molecule has 3 amide bonds. The summed E-state index contributed by atoms with van der Waals surface area (Å²) in [7, 11) is 0. The lowest BCUT2D eigenvalue weighted by atomic mass is 9.99. The molecule has 0 atom stereocenters. The van der Waals surface area contributed by atoms with E-state index in [-0.39, 0.29) is 18.1 Å². The number of nitrogens with two attached hydrogens (primary N) is 1. The Labute approximate surface area is 413 Å². The number of nitrogens with one attached hydrogen (secondary N) is 1. The first-order valence-corrected chi connectivity index (χ1v) is 26.5. The number of ketones is 1. The van der Waals surface area contributed by atoms with Crippen molar-refractivity contribution in [1.29, 1.82) is 0 Å². The van der Waals surface area contributed by atoms with Crippen LogP contribution >= 0.6 is 45.3 Å². The van der Waals surface area contributed by atoms with Crippen molar-refractivity contribution in [3.8, 4) is 21.1 Å². The van der Waals surface area contributed by atoms with E-state index < -0.39 is 11.2 Å². The number of anilines is 1. The number of pyridine rings is 2. The molecule has 68 heavy (non-hydrogen) atoms. The second-order valence-corrected chi connectivity index (χ2v) is 24.0. The topological polar surface area (TPSA) is 183 Å². The summed E-state index contributed by atoms with van der Waals surface area (Å²) in [5.74, 6) is 0.876. The van der Waals surface area contributed by atoms with E-state index in [4.69, 9.17) is 25.2 Å². The highest BCUT2D eigenvalue weighted by Crippen LogP contribution is 2.46. The van der Waals surface area contributed by atoms with Crippen molar-refractivity contribution >= 4 is 94.7 Å². The van der Waals surface area contributed by atoms with Gasteiger partial charge in [0.15, 0.2) is 0 Å². The molecule has 2 aliphatic carbocycles. The standard InChI is InChI=1S/C26H31N3O3S2.C21H22N4O3S2.C3H7N/c1-26(2,3)32-25(31)29-12-10-18-22(15-29)33-21(13-17(30)6-4-5-16-7-8-16)23(18)24-28-19-14-27-11-9-20(19)34-24;1-5-16(26)24-19-17(18-23-13-10-22-8-6-14(13)29-18)12-7-9-25(11-15(12)30-19)20(27)28-21(2,3)4;4-3-1-2-3/h9,11,14,16H,4-8,10,12-13,15H2,1-3H3;5-6,8,10H,1,7,9,11H2,2-4H3,(H,24,26);3H,1-2,4H2. The molecule has 0 radical (unpaired) electrons. The van der Waals surface area contributed by atoms with Crippen molar-refractivity contribution < 1.29 is 28.7 Å². The molecule has 18 heteroatoms. The maximum atomic E-state index is 12.9. The highest BCUT2D eigenvalue weighted by Gasteiger charge is 2.33. The van der Waals surface area contributed by atoms with Gasteiger partial charge in [-0.2, -0.15) is 0 Å². The van der Waals surface area contributed by atoms with Gasteiger partial charge in [-0.25, -0.2) is 19.6 Å². The number of thiophene rings is 2. The van der Waals surface area contributed by atoms with Gasteiger partial charge in [0.05, 0.1) is 34.9 Å². The summed E-state index contributed by atoms with van der Waals surface area (Å²) in [6, 6.07) is 4.50. The fourth-order valence-corrected chi connectivity index (χ4v) is 12.7. The van der Waals surface area contributed by atoms with Gasteiger partial charge in [0.2, 0.25) is 5.91 Å². The number of fused-ring (bicyclic) bond motifs is 4. The van der Waals surface area contributed by atoms with Gasteiger partial charge in [0.25, 0.3) is 0 Å². The third-order valence-corrected chi connectivity index (χ3v) is 15.9. The molecule has 0 bridgehead atoms. The summed E-state index contributed by atoms with van der Waals surface area (Å²) in [5, 5.41) is 5.43. The Hall–Kier alpha value is -5.14. The molecule has 2 aliphatic heterocycles. The maximum absolute atomic E-state index is 12.9. The number of hydrogen-bond donors (Lipinski definition) is 2. The van der Waals surface area contributed by atoms with Crippen LogP contribution in [0.4, 0.5) is 14.6 Å². The summed E-state index contributed by atoms with van der Waals surface area (Å²) in [6.45, 7) is 16.9. The van der Waals surface area contributed by atoms with Crippen molar-refractivity contribution in [3.05, 3.63) is 75.3 Å². The lowest BCUT2D eigenvalue weighted by Crippen LogP contribution is -2.39. The number of aromatic nitrogens is 4. The first-order valence-electron chi connectivity index (χ1n) is 23.3. The van der Waals surface area contributed by atoms with E-state index in [1.165, 1.54) is 55.1 Å². The minimum Gasteiger partial charge on any atom is -0.444 e. The first-order chi connectivity index (χ1) is 32.4. The molecule has 360 valence electrons. The van der Waals surface area contributed by atoms with E-state index >= 15 is 0 Å². The van der Waals surface area contributed by atoms with Crippen molar-refractivity contribution in [3.63, 3.8) is 0 Å². The first kappa shape index (κ1) is 49.3. The monoisotopic (exact) mass is 996 g/mol. The fraction of sp³-hybridized carbons (Fsp3) is 0.480. The molecule has 4 aliphatic rings. The van der Waals surface area contributed by atoms with Crippen LogP contribution in [0.3, 0.4) is 0 Å². The number of amides is 3. The molecule has 8 heterocycles. The normalized spacial score (nSPS) is 15.6. The predicted molar refractivity (Wildman–Crippen MR) is 273 cm³/mol. The number of nitrogens with zero attached hydrogens (tertiary/aromatic N) is 6. The van der Waals surface area contributed by atoms with Crippen LogP contribution in [0, 0.1) is 5.92 Å². The van der Waals surface area contributed by atoms with E-state index in [1.807, 2.05) is 53.7 Å². The Morgan fingerprint density at radius 1 is 0.779 bits per heavy atom. The highest BCUT2D eigenvalue weighted by atomic mass is 32.1. The van der Waals surface area contributed by atoms with Crippen LogP contribution in [0.25, 0.3) is 41.6 Å². The van der Waals surface area contributed by atoms with E-state index in [0.29, 0.717) is 57.3 Å². The largest absolute Gasteiger partial charge is 0.444 e. The van der Waals surface area contributed by atoms with Crippen LogP contribution in [-0.2, 0) is 51.4 Å². The van der Waals surface area contributed by atoms with Gasteiger partial charge in [-0.05, 0) is 109 Å². The van der Waals surface area contributed by atoms with E-state index in [2.05, 4.69) is 21.9 Å². The van der Waals surface area contributed by atoms with Crippen molar-refractivity contribution in [1.82, 2.24) is 29.7 Å². The van der Waals surface area contributed by atoms with Crippen molar-refractivity contribution in [2.24, 2.45) is 11.7 Å². The Bertz CT molecular complexity index is 2760. The number of thiazole rings is 2. The predicted octanol–water partition coefficient (Wildman–Crippen LogP) is 11.3. The Morgan fingerprint density at radius 3 is 1.78 bits per heavy atom. The molecule has 0 spiro atoms. The molecule has 0 aromatic carbocycles. The second-order valence-electron chi connectivity index (χ2n) is 19.6. The average molecular weight is 997 g/mol. The molecule has 2 fully saturated rings. The zero-order valence-electron chi connectivity index (χ0n) is 39.6. The van der Waals surface area contributed by atoms with Gasteiger partial charge in [-0.15, -0.1) is 45.3 Å². The number of hydrogen-bond acceptors (Lipinski definition) is 15. The number of carbonyl (C=O) groups is 4. The van der Waals surface area contributed by atoms with Crippen LogP contribution in [0.1, 0.15) is 112 Å². The molecule has 6 aromatic rings. The van der Waals surface area contributed by atoms with E-state index in [9.17, 15) is 19.2 Å². The summed E-state index contributed by atoms with van der Waals surface area (Å²) in [5.41, 5.74) is 10.3. The SMILES string of the molecule is C=CC(=O)Nc1sc2c(c1-c1nc3cnccc3s1)CCN(C(=O)OC(C)(C)C)C2.CC(C)(C)OC(=O)N1CCc2c(sc(CC(=O)CCCC3CC3)c2-c2nc3cnccc3s2)C1.NC1CC1. The summed E-state index contributed by atoms with van der Waals surface area (Å²) in [6.07, 6.45) is 17.5. The van der Waals surface area contributed by atoms with Gasteiger partial charge in [-0.3, -0.25) is 19.6 Å². The molecule has 0 saturated heterocycles. The summed E-state index contributed by atoms with van der Waals surface area (Å²) < 4.78 is 13.3. The Balaban J connectivity index is 0.000000171. The van der Waals surface area contributed by atoms with Crippen LogP contribution in [0.15, 0.2) is 49.6 Å². The number of carbonyl (C=O) groups excluding carboxylic acids is 4. The van der Waals surface area contributed by atoms with Gasteiger partial charge >= 0.3 is 12.2 Å². The van der Waals surface area contributed by atoms with Gasteiger partial charge in [-0.1, -0.05) is 25.8 Å². The smallest absolute Gasteiger partial charge is 0.410 e. The number of rotatable bonds is 10. The zero-order valence-corrected chi connectivity index (χ0v) is 42.9. The molecule has 10 rings (SSSR count). The van der Waals surface area contributed by atoms with E-state index in [0.717, 1.165) is 85.5 Å². The zero-order chi connectivity index (χ0) is 48.3. The second kappa shape index (κ2) is 20.8. The fourth-order valence-electron chi connectivity index (χ4n) is 7.81. The minimum absolute atomic E-state index is 0.276. The van der Waals surface area contributed by atoms with Gasteiger partial charge in [0, 0.05) is 70.1 Å². The maximum Gasteiger partial charge on any atom is 0.410 e. The summed E-state index contributed by atoms with van der Waals surface area (Å²) >= 11 is 6.36. The quantitative estimate of drug-likeness (QED) is 0.125. The lowest BCUT2D eigenvalue weighted by Gasteiger charge is -2.30. The molecular formula is C50H60N8O6S4. The summed E-state index contributed by atoms with van der Waals surface area (Å²) in [4.78, 5) is 74.9. The third kappa shape index (κ3) is 12.7. The lowest BCUT2D eigenvalue weighted by molar-refractivity contribution is -0.118. The van der Waals surface area contributed by atoms with Crippen LogP contribution in [0.2, 0.25) is 0 Å². The third-order valence-electron chi connectivity index (χ3n) is 11.5. The number of Topliss-reactive ketones (excluding diaryl/α,β-unsaturated/α-hetero) is 1. The van der Waals surface area contributed by atoms with Gasteiger partial charge < -0.3 is 30.3 Å². The highest BCUT2D eigenvalue weighted by molar-refractivity contribution is 7.23. The van der Waals surface area contributed by atoms with E-state index in [1.54, 1.807) is 68.6 Å². The molecule has 3 N–H and O–H groups in total. The average Bonchev–Trinajstić information content (AvgIpc) is 4.07. The molecule has 14 nitrogen and oxygen atoms in total.